The Morgan fingerprint density at radius 2 is 0.910 bits per heavy atom. The van der Waals surface area contributed by atoms with Crippen LogP contribution >= 0.6 is 0 Å². The number of halogens is 4. The van der Waals surface area contributed by atoms with E-state index in [1.165, 1.54) is 14.1 Å². The third kappa shape index (κ3) is 16.0. The summed E-state index contributed by atoms with van der Waals surface area (Å²) >= 11 is 0. The van der Waals surface area contributed by atoms with Crippen molar-refractivity contribution in [2.75, 3.05) is 38.7 Å². The number of benzene rings is 6. The molecule has 6 aromatic carbocycles. The molecule has 0 saturated carbocycles. The first-order valence-electron chi connectivity index (χ1n) is 27.7. The van der Waals surface area contributed by atoms with Crippen molar-refractivity contribution in [1.29, 1.82) is 0 Å². The van der Waals surface area contributed by atoms with Crippen molar-refractivity contribution in [1.82, 2.24) is 39.5 Å². The number of likely N-dealkylation sites (N-methyl/N-ethyl adjacent to an activating group) is 2. The fourth-order valence-electron chi connectivity index (χ4n) is 9.58. The lowest BCUT2D eigenvalue weighted by Crippen LogP contribution is -2.37. The minimum absolute atomic E-state index is 0.0332. The number of hydrogen-bond donors (Lipinski definition) is 4. The maximum Gasteiger partial charge on any atom is 0.410 e. The zero-order valence-electron chi connectivity index (χ0n) is 49.9. The van der Waals surface area contributed by atoms with Gasteiger partial charge in [-0.25, -0.2) is 47.1 Å². The van der Waals surface area contributed by atoms with Crippen LogP contribution in [0.4, 0.5) is 39.0 Å². The average Bonchev–Trinajstić information content (AvgIpc) is 2.99. The average molecular weight is 1230 g/mol. The molecule has 2 aromatic heterocycles. The number of anilines is 2. The lowest BCUT2D eigenvalue weighted by molar-refractivity contribution is -0.145. The van der Waals surface area contributed by atoms with E-state index in [4.69, 9.17) is 30.8 Å². The minimum atomic E-state index is -1.13. The van der Waals surface area contributed by atoms with Gasteiger partial charge in [0.2, 0.25) is 11.9 Å². The van der Waals surface area contributed by atoms with Crippen LogP contribution in [0.5, 0.6) is 0 Å². The molecule has 0 bridgehead atoms. The molecule has 6 N–H and O–H groups in total. The molecule has 0 saturated heterocycles. The Bertz CT molecular complexity index is 4030. The van der Waals surface area contributed by atoms with Gasteiger partial charge in [0.25, 0.3) is 11.8 Å². The number of nitrogens with zero attached hydrogens (tertiary/aromatic N) is 8. The van der Waals surface area contributed by atoms with Gasteiger partial charge < -0.3 is 55.5 Å². The number of amides is 4. The summed E-state index contributed by atoms with van der Waals surface area (Å²) in [6.45, 7) is 10.3. The van der Waals surface area contributed by atoms with Gasteiger partial charge in [0, 0.05) is 56.6 Å². The van der Waals surface area contributed by atoms with E-state index in [9.17, 15) is 51.4 Å². The van der Waals surface area contributed by atoms with Gasteiger partial charge >= 0.3 is 24.1 Å². The van der Waals surface area contributed by atoms with Gasteiger partial charge in [-0.2, -0.15) is 0 Å². The molecule has 10 rings (SSSR count). The third-order valence-corrected chi connectivity index (χ3v) is 13.7. The number of rotatable bonds is 11. The Balaban J connectivity index is 0.000000198. The summed E-state index contributed by atoms with van der Waals surface area (Å²) in [4.78, 5) is 95.4. The first-order chi connectivity index (χ1) is 41.9. The molecule has 8 aromatic rings. The zero-order valence-corrected chi connectivity index (χ0v) is 49.9. The highest BCUT2D eigenvalue weighted by molar-refractivity contribution is 6.07. The molecular formula is C64H64F4N10O11. The van der Waals surface area contributed by atoms with Crippen molar-refractivity contribution in [3.8, 4) is 22.3 Å². The number of aromatic nitrogens is 4. The maximum atomic E-state index is 14.5. The van der Waals surface area contributed by atoms with Crippen LogP contribution in [-0.4, -0.2) is 124 Å². The fraction of sp³-hybridized carbons (Fsp3) is 0.281. The monoisotopic (exact) mass is 1220 g/mol. The Morgan fingerprint density at radius 3 is 1.29 bits per heavy atom. The Hall–Kier alpha value is -10.3. The molecule has 2 aliphatic heterocycles. The van der Waals surface area contributed by atoms with Gasteiger partial charge in [-0.1, -0.05) is 60.7 Å². The lowest BCUT2D eigenvalue weighted by Gasteiger charge is -2.24. The van der Waals surface area contributed by atoms with Crippen LogP contribution in [0.3, 0.4) is 0 Å². The van der Waals surface area contributed by atoms with E-state index < -0.39 is 78.4 Å². The summed E-state index contributed by atoms with van der Waals surface area (Å²) in [7, 11) is 2.75. The second-order valence-electron chi connectivity index (χ2n) is 22.9. The van der Waals surface area contributed by atoms with Crippen LogP contribution < -0.4 is 11.5 Å². The van der Waals surface area contributed by atoms with Gasteiger partial charge in [0.05, 0.1) is 17.6 Å². The number of nitrogen functional groups attached to an aromatic ring is 2. The number of nitrogens with two attached hydrogens (primary N) is 2. The molecule has 0 radical (unpaired) electrons. The highest BCUT2D eigenvalue weighted by atomic mass is 19.2. The fourth-order valence-corrected chi connectivity index (χ4v) is 9.58. The molecule has 0 atom stereocenters. The maximum absolute atomic E-state index is 14.5. The van der Waals surface area contributed by atoms with E-state index in [-0.39, 0.29) is 58.3 Å². The standard InChI is InChI=1S/C32H31F2N5O5.C24H18F2N4O2.C8H15NO4/c1-32(2,3)44-31(42)38(4)16-27(40)43-17-21-12-24(33)25(34)13-22(21)18-9-10-26-23(11-18)28(37-30(35)36-26)29(41)39-14-19-7-5-6-8-20(19)15-39;25-19-8-16(12-31)17(9-20(19)26)13-5-6-21-18(7-13)22(29-24(27)28-21)23(32)30-10-14-3-1-2-4-15(14)11-30;1-8(2,3)13-7(12)9(4)5-6(10)11/h5-13H,14-17H2,1-4H3,(H2,35,36,37);1-9,31H,10-12H2,(H2,27,28,29);5H2,1-4H3,(H,10,11). The molecule has 21 nitrogen and oxygen atoms in total. The summed E-state index contributed by atoms with van der Waals surface area (Å²) in [5, 5.41) is 18.8. The van der Waals surface area contributed by atoms with Crippen molar-refractivity contribution in [3.63, 3.8) is 0 Å². The lowest BCUT2D eigenvalue weighted by atomic mass is 9.97. The van der Waals surface area contributed by atoms with E-state index >= 15 is 0 Å². The van der Waals surface area contributed by atoms with Crippen molar-refractivity contribution in [2.45, 2.75) is 92.1 Å². The minimum Gasteiger partial charge on any atom is -0.480 e. The molecule has 89 heavy (non-hydrogen) atoms. The predicted octanol–water partition coefficient (Wildman–Crippen LogP) is 9.97. The van der Waals surface area contributed by atoms with Gasteiger partial charge in [-0.3, -0.25) is 19.2 Å². The van der Waals surface area contributed by atoms with E-state index in [0.29, 0.717) is 64.7 Å². The number of carboxylic acids is 1. The molecule has 0 aliphatic carbocycles. The van der Waals surface area contributed by atoms with Crippen molar-refractivity contribution in [3.05, 3.63) is 177 Å². The molecule has 4 heterocycles. The molecule has 0 unspecified atom stereocenters. The zero-order chi connectivity index (χ0) is 64.8. The SMILES string of the molecule is CN(CC(=O)O)C(=O)OC(C)(C)C.CN(CC(=O)OCc1cc(F)c(F)cc1-c1ccc2nc(N)nc(C(=O)N3Cc4ccccc4C3)c2c1)C(=O)OC(C)(C)C.Nc1nc(C(=O)N2Cc3ccccc3C2)c2cc(-c3cc(F)c(F)cc3CO)ccc2n1. The number of fused-ring (bicyclic) bond motifs is 4. The second kappa shape index (κ2) is 26.8. The van der Waals surface area contributed by atoms with E-state index in [1.807, 2.05) is 48.5 Å². The van der Waals surface area contributed by atoms with E-state index in [0.717, 1.165) is 56.3 Å². The van der Waals surface area contributed by atoms with Crippen LogP contribution in [-0.2, 0) is 63.2 Å². The number of aliphatic hydroxyl groups is 1. The van der Waals surface area contributed by atoms with Crippen LogP contribution in [0.2, 0.25) is 0 Å². The van der Waals surface area contributed by atoms with Crippen molar-refractivity contribution < 1.29 is 70.8 Å². The molecule has 0 spiro atoms. The molecular weight excluding hydrogens is 1160 g/mol. The van der Waals surface area contributed by atoms with E-state index in [1.54, 1.807) is 87.7 Å². The van der Waals surface area contributed by atoms with Crippen LogP contribution in [0.15, 0.2) is 109 Å². The smallest absolute Gasteiger partial charge is 0.410 e. The van der Waals surface area contributed by atoms with Gasteiger partial charge in [-0.05, 0) is 140 Å². The van der Waals surface area contributed by atoms with Gasteiger partial charge in [0.1, 0.15) is 42.3 Å². The molecule has 464 valence electrons. The highest BCUT2D eigenvalue weighted by Crippen LogP contribution is 2.35. The highest BCUT2D eigenvalue weighted by Gasteiger charge is 2.30. The molecule has 4 amide bonds. The quantitative estimate of drug-likeness (QED) is 0.0532. The summed E-state index contributed by atoms with van der Waals surface area (Å²) < 4.78 is 71.9. The van der Waals surface area contributed by atoms with Crippen LogP contribution in [0.25, 0.3) is 44.1 Å². The number of carboxylic acid groups (broad SMARTS) is 1. The largest absolute Gasteiger partial charge is 0.480 e. The predicted molar refractivity (Wildman–Crippen MR) is 320 cm³/mol. The van der Waals surface area contributed by atoms with Crippen molar-refractivity contribution in [2.24, 2.45) is 0 Å². The molecule has 0 fully saturated rings. The van der Waals surface area contributed by atoms with Gasteiger partial charge in [0.15, 0.2) is 23.3 Å². The Kier molecular flexibility index (Phi) is 19.5. The third-order valence-electron chi connectivity index (χ3n) is 13.7. The summed E-state index contributed by atoms with van der Waals surface area (Å²) in [5.74, 6) is -6.93. The molecule has 2 aliphatic rings. The Morgan fingerprint density at radius 1 is 0.539 bits per heavy atom. The van der Waals surface area contributed by atoms with Crippen molar-refractivity contribution >= 4 is 69.6 Å². The number of carbonyl (C=O) groups excluding carboxylic acids is 5. The normalized spacial score (nSPS) is 12.5. The van der Waals surface area contributed by atoms with Crippen LogP contribution in [0.1, 0.15) is 95.9 Å². The number of carbonyl (C=O) groups is 6. The summed E-state index contributed by atoms with van der Waals surface area (Å²) in [5.41, 5.74) is 17.5. The summed E-state index contributed by atoms with van der Waals surface area (Å²) in [6, 6.07) is 29.2. The van der Waals surface area contributed by atoms with E-state index in [2.05, 4.69) is 19.9 Å². The first-order valence-corrected chi connectivity index (χ1v) is 27.7. The number of ether oxygens (including phenoxy) is 3. The Labute approximate surface area is 508 Å². The first kappa shape index (κ1) is 64.7. The molecule has 25 heteroatoms. The van der Waals surface area contributed by atoms with Gasteiger partial charge in [-0.15, -0.1) is 0 Å². The summed E-state index contributed by atoms with van der Waals surface area (Å²) in [6.07, 6.45) is -1.35. The van der Waals surface area contributed by atoms with Crippen LogP contribution in [0, 0.1) is 23.3 Å². The number of aliphatic carboxylic acids is 1. The number of esters is 1. The number of hydrogen-bond acceptors (Lipinski definition) is 16. The topological polar surface area (TPSA) is 287 Å². The second-order valence-corrected chi connectivity index (χ2v) is 22.9. The number of aliphatic hydroxyl groups excluding tert-OH is 1.